The van der Waals surface area contributed by atoms with Gasteiger partial charge < -0.3 is 0 Å². The molecule has 98 valence electrons. The topological polar surface area (TPSA) is 45.8 Å². The Morgan fingerprint density at radius 3 is 2.55 bits per heavy atom. The molecule has 0 aliphatic carbocycles. The van der Waals surface area contributed by atoms with Crippen molar-refractivity contribution >= 4 is 28.8 Å². The van der Waals surface area contributed by atoms with Crippen LogP contribution >= 0.6 is 0 Å². The molecule has 3 nitrogen and oxygen atoms in total. The molecule has 0 saturated heterocycles. The molecule has 0 bridgehead atoms. The van der Waals surface area contributed by atoms with Gasteiger partial charge in [0.2, 0.25) is 0 Å². The van der Waals surface area contributed by atoms with E-state index in [1.165, 1.54) is 0 Å². The van der Waals surface area contributed by atoms with Gasteiger partial charge in [-0.15, -0.1) is 0 Å². The van der Waals surface area contributed by atoms with Crippen molar-refractivity contribution < 1.29 is 4.79 Å². The van der Waals surface area contributed by atoms with E-state index >= 15 is 0 Å². The van der Waals surface area contributed by atoms with Crippen molar-refractivity contribution in [3.05, 3.63) is 65.4 Å². The highest BCUT2D eigenvalue weighted by Crippen LogP contribution is 2.17. The Labute approximate surface area is 116 Å². The van der Waals surface area contributed by atoms with Crippen LogP contribution < -0.4 is 0 Å². The number of Topliss-reactive ketones (excluding diaryl/α,β-unsaturated/α-hetero) is 1. The molecule has 3 rings (SSSR count). The molecule has 1 heterocycles. The molecule has 20 heavy (non-hydrogen) atoms. The monoisotopic (exact) mass is 262 g/mol. The Morgan fingerprint density at radius 2 is 1.80 bits per heavy atom. The molecule has 2 aromatic carbocycles. The minimum atomic E-state index is 0.0822. The predicted molar refractivity (Wildman–Crippen MR) is 81.5 cm³/mol. The van der Waals surface area contributed by atoms with Crippen LogP contribution in [-0.2, 0) is 0 Å². The minimum absolute atomic E-state index is 0.0822. The molecule has 3 aromatic rings. The smallest absolute Gasteiger partial charge is 0.159 e. The number of nitrogens with one attached hydrogen (secondary N) is 1. The summed E-state index contributed by atoms with van der Waals surface area (Å²) in [6, 6.07) is 15.6. The van der Waals surface area contributed by atoms with Crippen molar-refractivity contribution in [3.8, 4) is 0 Å². The number of carbonyl (C=O) groups excluding carboxylic acids is 1. The zero-order valence-electron chi connectivity index (χ0n) is 11.1. The molecule has 3 heteroatoms. The fraction of sp³-hybridized carbons (Fsp3) is 0.0588. The van der Waals surface area contributed by atoms with Crippen molar-refractivity contribution in [1.29, 1.82) is 0 Å². The van der Waals surface area contributed by atoms with Crippen molar-refractivity contribution in [3.63, 3.8) is 0 Å². The van der Waals surface area contributed by atoms with Crippen LogP contribution in [0.3, 0.4) is 0 Å². The van der Waals surface area contributed by atoms with E-state index in [9.17, 15) is 4.79 Å². The highest BCUT2D eigenvalue weighted by Gasteiger charge is 2.01. The molecule has 1 N–H and O–H groups in total. The van der Waals surface area contributed by atoms with Gasteiger partial charge >= 0.3 is 0 Å². The Kier molecular flexibility index (Phi) is 3.17. The summed E-state index contributed by atoms with van der Waals surface area (Å²) in [5.74, 6) is 0.0822. The maximum Gasteiger partial charge on any atom is 0.159 e. The molecule has 0 amide bonds. The van der Waals surface area contributed by atoms with Crippen molar-refractivity contribution in [2.45, 2.75) is 6.92 Å². The highest BCUT2D eigenvalue weighted by atomic mass is 16.1. The van der Waals surface area contributed by atoms with Gasteiger partial charge in [-0.3, -0.25) is 9.89 Å². The Bertz CT molecular complexity index is 782. The zero-order chi connectivity index (χ0) is 13.9. The summed E-state index contributed by atoms with van der Waals surface area (Å²) < 4.78 is 0. The molecular weight excluding hydrogens is 248 g/mol. The number of carbonyl (C=O) groups is 1. The Balaban J connectivity index is 1.88. The first-order valence-corrected chi connectivity index (χ1v) is 6.46. The van der Waals surface area contributed by atoms with E-state index in [0.717, 1.165) is 27.7 Å². The Hall–Kier alpha value is -2.68. The first kappa shape index (κ1) is 12.4. The molecule has 0 aliphatic rings. The average molecular weight is 262 g/mol. The van der Waals surface area contributed by atoms with Crippen LogP contribution in [0, 0.1) is 0 Å². The molecule has 0 unspecified atom stereocenters. The molecule has 0 saturated carbocycles. The van der Waals surface area contributed by atoms with E-state index in [-0.39, 0.29) is 5.78 Å². The van der Waals surface area contributed by atoms with Gasteiger partial charge in [0.25, 0.3) is 0 Å². The third-order valence-electron chi connectivity index (χ3n) is 3.25. The predicted octanol–water partition coefficient (Wildman–Crippen LogP) is 3.94. The quantitative estimate of drug-likeness (QED) is 0.727. The van der Waals surface area contributed by atoms with Crippen LogP contribution in [0.1, 0.15) is 28.5 Å². The van der Waals surface area contributed by atoms with Crippen LogP contribution in [0.4, 0.5) is 0 Å². The fourth-order valence-corrected chi connectivity index (χ4v) is 2.12. The van der Waals surface area contributed by atoms with Gasteiger partial charge in [0.05, 0.1) is 11.2 Å². The molecule has 0 atom stereocenters. The number of nitrogens with zero attached hydrogens (tertiary/aromatic N) is 1. The number of para-hydroxylation sites is 1. The van der Waals surface area contributed by atoms with Crippen LogP contribution in [0.5, 0.6) is 0 Å². The number of hydrogen-bond donors (Lipinski definition) is 1. The van der Waals surface area contributed by atoms with Crippen molar-refractivity contribution in [1.82, 2.24) is 10.2 Å². The zero-order valence-corrected chi connectivity index (χ0v) is 11.1. The number of H-pyrrole nitrogens is 1. The first-order valence-electron chi connectivity index (χ1n) is 6.46. The first-order chi connectivity index (χ1) is 9.74. The number of aromatic amines is 1. The molecular formula is C17H14N2O. The SMILES string of the molecule is CC(=O)c1ccc(/C=C/c2n[nH]c3ccccc23)cc1. The van der Waals surface area contributed by atoms with E-state index < -0.39 is 0 Å². The molecule has 0 spiro atoms. The number of benzene rings is 2. The third kappa shape index (κ3) is 2.38. The van der Waals surface area contributed by atoms with E-state index in [0.29, 0.717) is 0 Å². The van der Waals surface area contributed by atoms with Gasteiger partial charge in [-0.05, 0) is 24.6 Å². The minimum Gasteiger partial charge on any atom is -0.295 e. The Morgan fingerprint density at radius 1 is 1.05 bits per heavy atom. The number of aromatic nitrogens is 2. The number of ketones is 1. The van der Waals surface area contributed by atoms with Crippen molar-refractivity contribution in [2.24, 2.45) is 0 Å². The van der Waals surface area contributed by atoms with Gasteiger partial charge in [-0.1, -0.05) is 48.5 Å². The number of rotatable bonds is 3. The lowest BCUT2D eigenvalue weighted by Crippen LogP contribution is -1.90. The average Bonchev–Trinajstić information content (AvgIpc) is 2.89. The lowest BCUT2D eigenvalue weighted by molar-refractivity contribution is 0.101. The van der Waals surface area contributed by atoms with Gasteiger partial charge in [-0.2, -0.15) is 5.10 Å². The summed E-state index contributed by atoms with van der Waals surface area (Å²) in [5, 5.41) is 8.39. The van der Waals surface area contributed by atoms with Gasteiger partial charge in [-0.25, -0.2) is 0 Å². The maximum atomic E-state index is 11.2. The second-order valence-electron chi connectivity index (χ2n) is 4.67. The number of fused-ring (bicyclic) bond motifs is 1. The van der Waals surface area contributed by atoms with Crippen molar-refractivity contribution in [2.75, 3.05) is 0 Å². The second kappa shape index (κ2) is 5.13. The van der Waals surface area contributed by atoms with E-state index in [4.69, 9.17) is 0 Å². The maximum absolute atomic E-state index is 11.2. The lowest BCUT2D eigenvalue weighted by atomic mass is 10.1. The summed E-state index contributed by atoms with van der Waals surface area (Å²) in [5.41, 5.74) is 3.71. The summed E-state index contributed by atoms with van der Waals surface area (Å²) in [6.07, 6.45) is 3.97. The van der Waals surface area contributed by atoms with Crippen LogP contribution in [0.2, 0.25) is 0 Å². The summed E-state index contributed by atoms with van der Waals surface area (Å²) in [6.45, 7) is 1.57. The fourth-order valence-electron chi connectivity index (χ4n) is 2.12. The number of hydrogen-bond acceptors (Lipinski definition) is 2. The van der Waals surface area contributed by atoms with Gasteiger partial charge in [0.15, 0.2) is 5.78 Å². The van der Waals surface area contributed by atoms with Crippen LogP contribution in [0.25, 0.3) is 23.1 Å². The second-order valence-corrected chi connectivity index (χ2v) is 4.67. The summed E-state index contributed by atoms with van der Waals surface area (Å²) in [4.78, 5) is 11.2. The largest absolute Gasteiger partial charge is 0.295 e. The summed E-state index contributed by atoms with van der Waals surface area (Å²) >= 11 is 0. The molecule has 1 aromatic heterocycles. The van der Waals surface area contributed by atoms with Gasteiger partial charge in [0, 0.05) is 10.9 Å². The lowest BCUT2D eigenvalue weighted by Gasteiger charge is -1.96. The molecule has 0 radical (unpaired) electrons. The van der Waals surface area contributed by atoms with Crippen LogP contribution in [0.15, 0.2) is 48.5 Å². The highest BCUT2D eigenvalue weighted by molar-refractivity contribution is 5.94. The van der Waals surface area contributed by atoms with E-state index in [1.54, 1.807) is 6.92 Å². The van der Waals surface area contributed by atoms with Crippen LogP contribution in [-0.4, -0.2) is 16.0 Å². The molecule has 0 fully saturated rings. The summed E-state index contributed by atoms with van der Waals surface area (Å²) in [7, 11) is 0. The van der Waals surface area contributed by atoms with Gasteiger partial charge in [0.1, 0.15) is 0 Å². The molecule has 0 aliphatic heterocycles. The standard InChI is InChI=1S/C17H14N2O/c1-12(20)14-9-6-13(7-10-14)8-11-17-15-4-2-3-5-16(15)18-19-17/h2-11H,1H3,(H,18,19)/b11-8+. The normalized spacial score (nSPS) is 11.2. The third-order valence-corrected chi connectivity index (χ3v) is 3.25. The van der Waals surface area contributed by atoms with E-state index in [2.05, 4.69) is 10.2 Å². The van der Waals surface area contributed by atoms with E-state index in [1.807, 2.05) is 60.7 Å².